The molecule has 0 N–H and O–H groups in total. The van der Waals surface area contributed by atoms with E-state index in [1.165, 1.54) is 23.2 Å². The number of benzene rings is 1. The van der Waals surface area contributed by atoms with Crippen molar-refractivity contribution >= 4 is 5.69 Å². The van der Waals surface area contributed by atoms with Gasteiger partial charge in [0.25, 0.3) is 0 Å². The first kappa shape index (κ1) is 14.1. The van der Waals surface area contributed by atoms with E-state index >= 15 is 0 Å². The van der Waals surface area contributed by atoms with Gasteiger partial charge in [0.05, 0.1) is 0 Å². The predicted molar refractivity (Wildman–Crippen MR) is 78.0 cm³/mol. The van der Waals surface area contributed by atoms with E-state index in [2.05, 4.69) is 57.8 Å². The minimum atomic E-state index is 0.279. The summed E-state index contributed by atoms with van der Waals surface area (Å²) < 4.78 is 0. The quantitative estimate of drug-likeness (QED) is 0.625. The van der Waals surface area contributed by atoms with Crippen molar-refractivity contribution in [2.75, 3.05) is 11.9 Å². The Bertz CT molecular complexity index is 379. The van der Waals surface area contributed by atoms with Crippen LogP contribution in [0.2, 0.25) is 0 Å². The van der Waals surface area contributed by atoms with Crippen LogP contribution in [0.4, 0.5) is 5.69 Å². The summed E-state index contributed by atoms with van der Waals surface area (Å²) in [5.74, 6) is 0.672. The number of rotatable bonds is 0. The summed E-state index contributed by atoms with van der Waals surface area (Å²) in [7, 11) is 2.21. The van der Waals surface area contributed by atoms with Gasteiger partial charge in [0.2, 0.25) is 0 Å². The molecule has 1 heterocycles. The third-order valence-corrected chi connectivity index (χ3v) is 3.79. The molecule has 1 aliphatic heterocycles. The van der Waals surface area contributed by atoms with Crippen LogP contribution in [-0.2, 0) is 0 Å². The Kier molecular flexibility index (Phi) is 4.24. The highest BCUT2D eigenvalue weighted by molar-refractivity contribution is 5.59. The molecule has 1 heteroatoms. The molecule has 0 saturated carbocycles. The van der Waals surface area contributed by atoms with E-state index in [0.717, 1.165) is 0 Å². The highest BCUT2D eigenvalue weighted by Gasteiger charge is 2.33. The van der Waals surface area contributed by atoms with Crippen LogP contribution in [0.15, 0.2) is 18.2 Å². The highest BCUT2D eigenvalue weighted by atomic mass is 15.2. The third-order valence-electron chi connectivity index (χ3n) is 3.79. The summed E-state index contributed by atoms with van der Waals surface area (Å²) >= 11 is 0. The van der Waals surface area contributed by atoms with Gasteiger partial charge in [-0.15, -0.1) is 0 Å². The van der Waals surface area contributed by atoms with Gasteiger partial charge >= 0.3 is 0 Å². The fourth-order valence-electron chi connectivity index (χ4n) is 2.70. The van der Waals surface area contributed by atoms with Crippen molar-refractivity contribution in [1.29, 1.82) is 0 Å². The van der Waals surface area contributed by atoms with Gasteiger partial charge in [-0.05, 0) is 44.7 Å². The zero-order valence-electron chi connectivity index (χ0n) is 12.5. The molecule has 17 heavy (non-hydrogen) atoms. The molecule has 0 fully saturated rings. The zero-order chi connectivity index (χ0) is 13.2. The standard InChI is InChI=1S/C14H21N.C2H6/c1-10-6-7-13-12(8-10)11(2)9-14(3,4)15(13)5;1-2/h6-8,11H,9H2,1-5H3;1-2H3. The van der Waals surface area contributed by atoms with E-state index in [0.29, 0.717) is 5.92 Å². The molecular formula is C16H27N. The van der Waals surface area contributed by atoms with Crippen LogP contribution < -0.4 is 4.90 Å². The molecule has 0 spiro atoms. The normalized spacial score (nSPS) is 21.4. The molecule has 0 radical (unpaired) electrons. The van der Waals surface area contributed by atoms with E-state index < -0.39 is 0 Å². The Morgan fingerprint density at radius 2 is 1.82 bits per heavy atom. The van der Waals surface area contributed by atoms with Crippen LogP contribution in [0.25, 0.3) is 0 Å². The largest absolute Gasteiger partial charge is 0.369 e. The summed E-state index contributed by atoms with van der Waals surface area (Å²) in [6.45, 7) is 13.2. The average molecular weight is 233 g/mol. The van der Waals surface area contributed by atoms with Crippen molar-refractivity contribution in [3.05, 3.63) is 29.3 Å². The van der Waals surface area contributed by atoms with Crippen LogP contribution in [0.5, 0.6) is 0 Å². The molecule has 0 amide bonds. The third kappa shape index (κ3) is 2.65. The summed E-state index contributed by atoms with van der Waals surface area (Å²) in [5.41, 5.74) is 4.57. The zero-order valence-corrected chi connectivity index (χ0v) is 12.5. The Hall–Kier alpha value is -0.980. The molecule has 1 nitrogen and oxygen atoms in total. The Balaban J connectivity index is 0.000000686. The topological polar surface area (TPSA) is 3.24 Å². The van der Waals surface area contributed by atoms with E-state index in [9.17, 15) is 0 Å². The first-order chi connectivity index (χ1) is 7.92. The Labute approximate surface area is 107 Å². The lowest BCUT2D eigenvalue weighted by atomic mass is 9.80. The number of anilines is 1. The Morgan fingerprint density at radius 3 is 2.41 bits per heavy atom. The molecule has 1 aromatic carbocycles. The van der Waals surface area contributed by atoms with E-state index in [-0.39, 0.29) is 5.54 Å². The van der Waals surface area contributed by atoms with Crippen molar-refractivity contribution in [2.45, 2.75) is 59.4 Å². The molecular weight excluding hydrogens is 206 g/mol. The molecule has 2 rings (SSSR count). The molecule has 1 atom stereocenters. The molecule has 0 aromatic heterocycles. The van der Waals surface area contributed by atoms with Gasteiger partial charge < -0.3 is 4.90 Å². The van der Waals surface area contributed by atoms with Gasteiger partial charge in [0, 0.05) is 18.3 Å². The predicted octanol–water partition coefficient (Wildman–Crippen LogP) is 4.74. The molecule has 1 unspecified atom stereocenters. The van der Waals surface area contributed by atoms with E-state index in [4.69, 9.17) is 0 Å². The van der Waals surface area contributed by atoms with E-state index in [1.54, 1.807) is 0 Å². The maximum absolute atomic E-state index is 2.42. The molecule has 1 aliphatic rings. The van der Waals surface area contributed by atoms with Gasteiger partial charge in [-0.3, -0.25) is 0 Å². The molecule has 0 bridgehead atoms. The lowest BCUT2D eigenvalue weighted by Gasteiger charge is -2.45. The van der Waals surface area contributed by atoms with E-state index in [1.807, 2.05) is 13.8 Å². The van der Waals surface area contributed by atoms with Crippen LogP contribution in [0.3, 0.4) is 0 Å². The number of nitrogens with zero attached hydrogens (tertiary/aromatic N) is 1. The van der Waals surface area contributed by atoms with Gasteiger partial charge in [0.15, 0.2) is 0 Å². The lowest BCUT2D eigenvalue weighted by molar-refractivity contribution is 0.395. The average Bonchev–Trinajstić information content (AvgIpc) is 2.28. The summed E-state index contributed by atoms with van der Waals surface area (Å²) in [6.07, 6.45) is 1.24. The van der Waals surface area contributed by atoms with Crippen LogP contribution in [-0.4, -0.2) is 12.6 Å². The summed E-state index contributed by atoms with van der Waals surface area (Å²) in [5, 5.41) is 0. The van der Waals surface area contributed by atoms with Crippen LogP contribution >= 0.6 is 0 Å². The SMILES string of the molecule is CC.Cc1ccc2c(c1)C(C)CC(C)(C)N2C. The second-order valence-electron chi connectivity index (χ2n) is 5.54. The number of hydrogen-bond acceptors (Lipinski definition) is 1. The first-order valence-electron chi connectivity index (χ1n) is 6.76. The fourth-order valence-corrected chi connectivity index (χ4v) is 2.70. The number of fused-ring (bicyclic) bond motifs is 1. The monoisotopic (exact) mass is 233 g/mol. The second-order valence-corrected chi connectivity index (χ2v) is 5.54. The molecule has 0 aliphatic carbocycles. The minimum absolute atomic E-state index is 0.279. The number of hydrogen-bond donors (Lipinski definition) is 0. The first-order valence-corrected chi connectivity index (χ1v) is 6.76. The maximum Gasteiger partial charge on any atom is 0.0403 e. The van der Waals surface area contributed by atoms with Gasteiger partial charge in [-0.1, -0.05) is 38.5 Å². The van der Waals surface area contributed by atoms with Crippen LogP contribution in [0.1, 0.15) is 58.1 Å². The molecule has 1 aromatic rings. The van der Waals surface area contributed by atoms with Crippen LogP contribution in [0, 0.1) is 6.92 Å². The Morgan fingerprint density at radius 1 is 1.24 bits per heavy atom. The van der Waals surface area contributed by atoms with Crippen molar-refractivity contribution in [3.8, 4) is 0 Å². The van der Waals surface area contributed by atoms with Crippen molar-refractivity contribution in [2.24, 2.45) is 0 Å². The second kappa shape index (κ2) is 5.12. The van der Waals surface area contributed by atoms with Crippen molar-refractivity contribution in [3.63, 3.8) is 0 Å². The van der Waals surface area contributed by atoms with Crippen molar-refractivity contribution in [1.82, 2.24) is 0 Å². The minimum Gasteiger partial charge on any atom is -0.369 e. The smallest absolute Gasteiger partial charge is 0.0403 e. The summed E-state index contributed by atoms with van der Waals surface area (Å²) in [4.78, 5) is 2.42. The van der Waals surface area contributed by atoms with Gasteiger partial charge in [-0.25, -0.2) is 0 Å². The van der Waals surface area contributed by atoms with Gasteiger partial charge in [-0.2, -0.15) is 0 Å². The molecule has 96 valence electrons. The highest BCUT2D eigenvalue weighted by Crippen LogP contribution is 2.42. The number of aryl methyl sites for hydroxylation is 1. The van der Waals surface area contributed by atoms with Gasteiger partial charge in [0.1, 0.15) is 0 Å². The lowest BCUT2D eigenvalue weighted by Crippen LogP contribution is -2.45. The maximum atomic E-state index is 2.42. The van der Waals surface area contributed by atoms with Crippen molar-refractivity contribution < 1.29 is 0 Å². The summed E-state index contributed by atoms with van der Waals surface area (Å²) in [6, 6.07) is 6.82. The fraction of sp³-hybridized carbons (Fsp3) is 0.625. The molecule has 0 saturated heterocycles.